The van der Waals surface area contributed by atoms with Gasteiger partial charge in [-0.2, -0.15) is 0 Å². The number of nitrogens with zero attached hydrogens (tertiary/aromatic N) is 1. The summed E-state index contributed by atoms with van der Waals surface area (Å²) in [6.07, 6.45) is 0.589. The van der Waals surface area contributed by atoms with Crippen molar-refractivity contribution in [2.75, 3.05) is 26.9 Å². The van der Waals surface area contributed by atoms with Crippen molar-refractivity contribution in [1.82, 2.24) is 4.90 Å². The van der Waals surface area contributed by atoms with Crippen molar-refractivity contribution < 1.29 is 24.2 Å². The number of amides is 1. The van der Waals surface area contributed by atoms with E-state index in [9.17, 15) is 14.7 Å². The van der Waals surface area contributed by atoms with Gasteiger partial charge in [0.1, 0.15) is 11.5 Å². The molecule has 6 heteroatoms. The van der Waals surface area contributed by atoms with Crippen LogP contribution in [0.1, 0.15) is 36.1 Å². The van der Waals surface area contributed by atoms with Gasteiger partial charge >= 0.3 is 0 Å². The Bertz CT molecular complexity index is 966. The Morgan fingerprint density at radius 2 is 1.90 bits per heavy atom. The van der Waals surface area contributed by atoms with Gasteiger partial charge in [0.2, 0.25) is 0 Å². The topological polar surface area (TPSA) is 76.1 Å². The highest BCUT2D eigenvalue weighted by Gasteiger charge is 2.45. The molecule has 158 valence electrons. The number of methoxy groups -OCH3 is 1. The molecule has 1 heterocycles. The summed E-state index contributed by atoms with van der Waals surface area (Å²) in [5.74, 6) is -0.906. The van der Waals surface area contributed by atoms with E-state index in [0.29, 0.717) is 37.5 Å². The maximum Gasteiger partial charge on any atom is 0.295 e. The summed E-state index contributed by atoms with van der Waals surface area (Å²) in [7, 11) is 1.59. The number of ketones is 1. The zero-order valence-corrected chi connectivity index (χ0v) is 17.6. The van der Waals surface area contributed by atoms with Crippen molar-refractivity contribution in [3.63, 3.8) is 0 Å². The molecule has 2 aromatic carbocycles. The first-order chi connectivity index (χ1) is 14.5. The van der Waals surface area contributed by atoms with Gasteiger partial charge in [-0.05, 0) is 38.0 Å². The predicted molar refractivity (Wildman–Crippen MR) is 114 cm³/mol. The molecule has 1 amide bonds. The van der Waals surface area contributed by atoms with Crippen LogP contribution in [0.4, 0.5) is 0 Å². The van der Waals surface area contributed by atoms with Crippen molar-refractivity contribution in [2.24, 2.45) is 0 Å². The van der Waals surface area contributed by atoms with Crippen LogP contribution in [0.2, 0.25) is 0 Å². The SMILES string of the molecule is CCOc1cccc(/C(O)=C2/C(=O)C(=O)N(CCCOC)C2c2cccc(C)c2)c1. The fourth-order valence-electron chi connectivity index (χ4n) is 3.73. The lowest BCUT2D eigenvalue weighted by molar-refractivity contribution is -0.140. The number of aliphatic hydroxyl groups excluding tert-OH is 1. The van der Waals surface area contributed by atoms with Crippen LogP contribution < -0.4 is 4.74 Å². The Balaban J connectivity index is 2.11. The number of ether oxygens (including phenoxy) is 2. The van der Waals surface area contributed by atoms with E-state index in [1.165, 1.54) is 4.90 Å². The van der Waals surface area contributed by atoms with Gasteiger partial charge in [0.25, 0.3) is 11.7 Å². The molecule has 1 aliphatic heterocycles. The lowest BCUT2D eigenvalue weighted by atomic mass is 9.94. The third kappa shape index (κ3) is 4.39. The van der Waals surface area contributed by atoms with Gasteiger partial charge in [0.05, 0.1) is 18.2 Å². The second kappa shape index (κ2) is 9.59. The number of carbonyl (C=O) groups is 2. The Labute approximate surface area is 176 Å². The molecule has 3 rings (SSSR count). The van der Waals surface area contributed by atoms with Crippen LogP contribution in [-0.4, -0.2) is 48.6 Å². The minimum absolute atomic E-state index is 0.0941. The standard InChI is InChI=1S/C24H27NO5/c1-4-30-19-11-6-10-18(15-19)22(26)20-21(17-9-5-8-16(2)14-17)25(12-7-13-29-3)24(28)23(20)27/h5-6,8-11,14-15,21,26H,4,7,12-13H2,1-3H3/b22-20-. The quantitative estimate of drug-likeness (QED) is 0.310. The van der Waals surface area contributed by atoms with Crippen LogP contribution in [-0.2, 0) is 14.3 Å². The van der Waals surface area contributed by atoms with Crippen LogP contribution in [0.5, 0.6) is 5.75 Å². The first-order valence-corrected chi connectivity index (χ1v) is 10.0. The molecule has 2 aromatic rings. The Morgan fingerprint density at radius 1 is 1.13 bits per heavy atom. The monoisotopic (exact) mass is 409 g/mol. The maximum absolute atomic E-state index is 13.0. The Morgan fingerprint density at radius 3 is 2.60 bits per heavy atom. The van der Waals surface area contributed by atoms with E-state index in [1.54, 1.807) is 31.4 Å². The maximum atomic E-state index is 13.0. The Kier molecular flexibility index (Phi) is 6.90. The number of rotatable bonds is 8. The average molecular weight is 409 g/mol. The minimum atomic E-state index is -0.682. The highest BCUT2D eigenvalue weighted by molar-refractivity contribution is 6.46. The van der Waals surface area contributed by atoms with Crippen molar-refractivity contribution in [2.45, 2.75) is 26.3 Å². The molecule has 0 aromatic heterocycles. The molecule has 1 N–H and O–H groups in total. The molecule has 0 aliphatic carbocycles. The molecule has 1 atom stereocenters. The number of likely N-dealkylation sites (tertiary alicyclic amines) is 1. The summed E-state index contributed by atoms with van der Waals surface area (Å²) >= 11 is 0. The molecule has 6 nitrogen and oxygen atoms in total. The first kappa shape index (κ1) is 21.6. The highest BCUT2D eigenvalue weighted by atomic mass is 16.5. The van der Waals surface area contributed by atoms with E-state index in [0.717, 1.165) is 11.1 Å². The number of hydrogen-bond donors (Lipinski definition) is 1. The van der Waals surface area contributed by atoms with Gasteiger partial charge < -0.3 is 19.5 Å². The highest BCUT2D eigenvalue weighted by Crippen LogP contribution is 2.40. The fraction of sp³-hybridized carbons (Fsp3) is 0.333. The molecule has 0 spiro atoms. The van der Waals surface area contributed by atoms with E-state index < -0.39 is 17.7 Å². The smallest absolute Gasteiger partial charge is 0.295 e. The molecule has 0 saturated carbocycles. The third-order valence-corrected chi connectivity index (χ3v) is 5.06. The molecular formula is C24H27NO5. The van der Waals surface area contributed by atoms with Crippen molar-refractivity contribution in [1.29, 1.82) is 0 Å². The lowest BCUT2D eigenvalue weighted by Crippen LogP contribution is -2.31. The van der Waals surface area contributed by atoms with E-state index in [-0.39, 0.29) is 11.3 Å². The van der Waals surface area contributed by atoms with Crippen molar-refractivity contribution in [3.05, 3.63) is 70.8 Å². The van der Waals surface area contributed by atoms with Crippen LogP contribution in [0, 0.1) is 6.92 Å². The molecule has 1 saturated heterocycles. The number of aliphatic hydroxyl groups is 1. The fourth-order valence-corrected chi connectivity index (χ4v) is 3.73. The molecular weight excluding hydrogens is 382 g/mol. The summed E-state index contributed by atoms with van der Waals surface area (Å²) in [5, 5.41) is 11.1. The van der Waals surface area contributed by atoms with Crippen molar-refractivity contribution >= 4 is 17.4 Å². The number of Topliss-reactive ketones (excluding diaryl/α,β-unsaturated/α-hetero) is 1. The number of benzene rings is 2. The van der Waals surface area contributed by atoms with Crippen LogP contribution in [0.3, 0.4) is 0 Å². The second-order valence-electron chi connectivity index (χ2n) is 7.21. The molecule has 1 fully saturated rings. The van der Waals surface area contributed by atoms with Crippen LogP contribution in [0.25, 0.3) is 5.76 Å². The number of hydrogen-bond acceptors (Lipinski definition) is 5. The zero-order valence-electron chi connectivity index (χ0n) is 17.6. The van der Waals surface area contributed by atoms with Gasteiger partial charge in [-0.25, -0.2) is 0 Å². The molecule has 30 heavy (non-hydrogen) atoms. The Hall–Kier alpha value is -3.12. The molecule has 0 radical (unpaired) electrons. The predicted octanol–water partition coefficient (Wildman–Crippen LogP) is 3.85. The van der Waals surface area contributed by atoms with E-state index in [4.69, 9.17) is 9.47 Å². The summed E-state index contributed by atoms with van der Waals surface area (Å²) in [4.78, 5) is 27.3. The summed E-state index contributed by atoms with van der Waals surface area (Å²) in [6, 6.07) is 13.9. The van der Waals surface area contributed by atoms with Crippen molar-refractivity contribution in [3.8, 4) is 5.75 Å². The summed E-state index contributed by atoms with van der Waals surface area (Å²) < 4.78 is 10.6. The normalized spacial score (nSPS) is 18.1. The average Bonchev–Trinajstić information content (AvgIpc) is 2.99. The van der Waals surface area contributed by atoms with Crippen LogP contribution >= 0.6 is 0 Å². The molecule has 1 unspecified atom stereocenters. The summed E-state index contributed by atoms with van der Waals surface area (Å²) in [6.45, 7) is 5.13. The second-order valence-corrected chi connectivity index (χ2v) is 7.21. The van der Waals surface area contributed by atoms with Gasteiger partial charge in [-0.15, -0.1) is 0 Å². The molecule has 0 bridgehead atoms. The lowest BCUT2D eigenvalue weighted by Gasteiger charge is -2.25. The van der Waals surface area contributed by atoms with Gasteiger partial charge in [0.15, 0.2) is 0 Å². The third-order valence-electron chi connectivity index (χ3n) is 5.06. The zero-order chi connectivity index (χ0) is 21.7. The molecule has 1 aliphatic rings. The number of aryl methyl sites for hydroxylation is 1. The van der Waals surface area contributed by atoms with E-state index in [2.05, 4.69) is 0 Å². The number of carbonyl (C=O) groups excluding carboxylic acids is 2. The largest absolute Gasteiger partial charge is 0.507 e. The van der Waals surface area contributed by atoms with Gasteiger partial charge in [-0.1, -0.05) is 42.0 Å². The first-order valence-electron chi connectivity index (χ1n) is 10.0. The van der Waals surface area contributed by atoms with E-state index in [1.807, 2.05) is 38.1 Å². The van der Waals surface area contributed by atoms with Gasteiger partial charge in [-0.3, -0.25) is 9.59 Å². The van der Waals surface area contributed by atoms with Crippen LogP contribution in [0.15, 0.2) is 54.1 Å². The summed E-state index contributed by atoms with van der Waals surface area (Å²) in [5.41, 5.74) is 2.33. The van der Waals surface area contributed by atoms with E-state index >= 15 is 0 Å². The minimum Gasteiger partial charge on any atom is -0.507 e. The van der Waals surface area contributed by atoms with Gasteiger partial charge in [0, 0.05) is 25.8 Å².